The van der Waals surface area contributed by atoms with Crippen LogP contribution < -0.4 is 4.74 Å². The molecular formula is C19H13ClN2O3. The first-order valence-corrected chi connectivity index (χ1v) is 7.80. The van der Waals surface area contributed by atoms with Gasteiger partial charge in [0.2, 0.25) is 0 Å². The van der Waals surface area contributed by atoms with E-state index in [1.54, 1.807) is 24.4 Å². The van der Waals surface area contributed by atoms with Crippen LogP contribution in [0.3, 0.4) is 0 Å². The van der Waals surface area contributed by atoms with Crippen LogP contribution in [0.2, 0.25) is 5.02 Å². The lowest BCUT2D eigenvalue weighted by Gasteiger charge is -2.05. The number of para-hydroxylation sites is 1. The molecule has 0 fully saturated rings. The summed E-state index contributed by atoms with van der Waals surface area (Å²) in [5.41, 5.74) is 1.16. The van der Waals surface area contributed by atoms with Crippen molar-refractivity contribution in [3.05, 3.63) is 93.5 Å². The maximum Gasteiger partial charge on any atom is 0.288 e. The van der Waals surface area contributed by atoms with Crippen LogP contribution in [0.15, 0.2) is 77.8 Å². The third kappa shape index (κ3) is 4.43. The number of rotatable bonds is 5. The van der Waals surface area contributed by atoms with Crippen molar-refractivity contribution in [3.8, 4) is 11.5 Å². The number of nitrogens with zero attached hydrogens (tertiary/aromatic N) is 2. The van der Waals surface area contributed by atoms with Crippen LogP contribution >= 0.6 is 11.6 Å². The minimum atomic E-state index is -0.518. The van der Waals surface area contributed by atoms with E-state index >= 15 is 0 Å². The predicted octanol–water partition coefficient (Wildman–Crippen LogP) is 5.79. The van der Waals surface area contributed by atoms with Gasteiger partial charge in [-0.05, 0) is 48.0 Å². The van der Waals surface area contributed by atoms with E-state index in [2.05, 4.69) is 4.99 Å². The number of aliphatic imine (C=N–C) groups is 1. The van der Waals surface area contributed by atoms with Crippen molar-refractivity contribution in [2.45, 2.75) is 0 Å². The molecule has 0 aromatic heterocycles. The lowest BCUT2D eigenvalue weighted by Crippen LogP contribution is -1.91. The summed E-state index contributed by atoms with van der Waals surface area (Å²) in [5.74, 6) is 1.46. The second-order valence-corrected chi connectivity index (χ2v) is 5.54. The van der Waals surface area contributed by atoms with Gasteiger partial charge in [0.25, 0.3) is 5.69 Å². The molecule has 6 heteroatoms. The van der Waals surface area contributed by atoms with Crippen LogP contribution in [-0.2, 0) is 0 Å². The molecule has 3 rings (SSSR count). The molecule has 0 amide bonds. The molecule has 0 bridgehead atoms. The van der Waals surface area contributed by atoms with Crippen LogP contribution in [0, 0.1) is 10.1 Å². The Hall–Kier alpha value is -3.18. The van der Waals surface area contributed by atoms with Crippen molar-refractivity contribution in [2.24, 2.45) is 4.99 Å². The summed E-state index contributed by atoms with van der Waals surface area (Å²) in [6, 6.07) is 21.2. The topological polar surface area (TPSA) is 64.7 Å². The first-order chi connectivity index (χ1) is 12.1. The minimum Gasteiger partial charge on any atom is -0.457 e. The number of halogens is 1. The van der Waals surface area contributed by atoms with Crippen molar-refractivity contribution in [1.29, 1.82) is 0 Å². The molecule has 0 aliphatic rings. The van der Waals surface area contributed by atoms with Gasteiger partial charge < -0.3 is 4.74 Å². The molecule has 0 N–H and O–H groups in total. The van der Waals surface area contributed by atoms with Crippen LogP contribution in [0.25, 0.3) is 0 Å². The molecule has 5 nitrogen and oxygen atoms in total. The van der Waals surface area contributed by atoms with Crippen LogP contribution in [-0.4, -0.2) is 11.1 Å². The van der Waals surface area contributed by atoms with E-state index in [1.165, 1.54) is 12.1 Å². The van der Waals surface area contributed by atoms with Crippen molar-refractivity contribution < 1.29 is 9.66 Å². The van der Waals surface area contributed by atoms with Gasteiger partial charge in [-0.15, -0.1) is 0 Å². The first kappa shape index (κ1) is 16.7. The lowest BCUT2D eigenvalue weighted by atomic mass is 10.2. The van der Waals surface area contributed by atoms with Gasteiger partial charge in [-0.25, -0.2) is 0 Å². The summed E-state index contributed by atoms with van der Waals surface area (Å²) in [5, 5.41) is 11.0. The summed E-state index contributed by atoms with van der Waals surface area (Å²) in [7, 11) is 0. The van der Waals surface area contributed by atoms with Gasteiger partial charge >= 0.3 is 0 Å². The van der Waals surface area contributed by atoms with Crippen molar-refractivity contribution in [1.82, 2.24) is 0 Å². The molecule has 3 aromatic carbocycles. The predicted molar refractivity (Wildman–Crippen MR) is 98.3 cm³/mol. The summed E-state index contributed by atoms with van der Waals surface area (Å²) in [6.07, 6.45) is 1.55. The molecule has 25 heavy (non-hydrogen) atoms. The number of nitro groups is 1. The van der Waals surface area contributed by atoms with Gasteiger partial charge in [-0.1, -0.05) is 35.9 Å². The molecule has 124 valence electrons. The molecule has 0 unspecified atom stereocenters. The minimum absolute atomic E-state index is 0.101. The number of hydrogen-bond donors (Lipinski definition) is 0. The van der Waals surface area contributed by atoms with E-state index in [9.17, 15) is 10.1 Å². The van der Waals surface area contributed by atoms with Crippen molar-refractivity contribution in [2.75, 3.05) is 0 Å². The Morgan fingerprint density at radius 1 is 0.960 bits per heavy atom. The third-order valence-corrected chi connectivity index (χ3v) is 3.66. The van der Waals surface area contributed by atoms with E-state index in [4.69, 9.17) is 16.3 Å². The van der Waals surface area contributed by atoms with Gasteiger partial charge in [0, 0.05) is 12.3 Å². The van der Waals surface area contributed by atoms with Gasteiger partial charge in [-0.2, -0.15) is 0 Å². The molecule has 0 saturated carbocycles. The SMILES string of the molecule is O=[N+]([O-])c1cc(C=Nc2ccc(Oc3ccccc3)cc2)ccc1Cl. The molecule has 0 radical (unpaired) electrons. The zero-order valence-electron chi connectivity index (χ0n) is 13.0. The quantitative estimate of drug-likeness (QED) is 0.331. The maximum atomic E-state index is 10.9. The van der Waals surface area contributed by atoms with Crippen molar-refractivity contribution >= 4 is 29.2 Å². The molecule has 0 saturated heterocycles. The highest BCUT2D eigenvalue weighted by molar-refractivity contribution is 6.32. The number of hydrogen-bond acceptors (Lipinski definition) is 4. The van der Waals surface area contributed by atoms with E-state index in [1.807, 2.05) is 42.5 Å². The summed E-state index contributed by atoms with van der Waals surface area (Å²) >= 11 is 5.79. The fourth-order valence-corrected chi connectivity index (χ4v) is 2.31. The average Bonchev–Trinajstić information content (AvgIpc) is 2.63. The van der Waals surface area contributed by atoms with Crippen LogP contribution in [0.1, 0.15) is 5.56 Å². The molecule has 0 aliphatic heterocycles. The second-order valence-electron chi connectivity index (χ2n) is 5.14. The fraction of sp³-hybridized carbons (Fsp3) is 0. The fourth-order valence-electron chi connectivity index (χ4n) is 2.12. The van der Waals surface area contributed by atoms with E-state index < -0.39 is 4.92 Å². The van der Waals surface area contributed by atoms with Crippen molar-refractivity contribution in [3.63, 3.8) is 0 Å². The Bertz CT molecular complexity index is 910. The maximum absolute atomic E-state index is 10.9. The molecular weight excluding hydrogens is 340 g/mol. The standard InChI is InChI=1S/C19H13ClN2O3/c20-18-11-6-14(12-19(18)22(23)24)13-21-15-7-9-17(10-8-15)25-16-4-2-1-3-5-16/h1-13H. The van der Waals surface area contributed by atoms with E-state index in [0.29, 0.717) is 17.0 Å². The van der Waals surface area contributed by atoms with Crippen LogP contribution in [0.4, 0.5) is 11.4 Å². The van der Waals surface area contributed by atoms with E-state index in [0.717, 1.165) is 5.75 Å². The van der Waals surface area contributed by atoms with Gasteiger partial charge in [0.1, 0.15) is 16.5 Å². The average molecular weight is 353 g/mol. The van der Waals surface area contributed by atoms with Crippen LogP contribution in [0.5, 0.6) is 11.5 Å². The molecule has 0 aliphatic carbocycles. The number of ether oxygens (including phenoxy) is 1. The highest BCUT2D eigenvalue weighted by atomic mass is 35.5. The van der Waals surface area contributed by atoms with Gasteiger partial charge in [0.15, 0.2) is 0 Å². The smallest absolute Gasteiger partial charge is 0.288 e. The first-order valence-electron chi connectivity index (χ1n) is 7.43. The van der Waals surface area contributed by atoms with E-state index in [-0.39, 0.29) is 10.7 Å². The largest absolute Gasteiger partial charge is 0.457 e. The number of benzene rings is 3. The zero-order valence-corrected chi connectivity index (χ0v) is 13.8. The Balaban J connectivity index is 1.72. The Labute approximate surface area is 149 Å². The normalized spacial score (nSPS) is 10.8. The third-order valence-electron chi connectivity index (χ3n) is 3.35. The highest BCUT2D eigenvalue weighted by Crippen LogP contribution is 2.26. The van der Waals surface area contributed by atoms with Gasteiger partial charge in [-0.3, -0.25) is 15.1 Å². The molecule has 0 heterocycles. The Morgan fingerprint density at radius 3 is 2.32 bits per heavy atom. The Kier molecular flexibility index (Phi) is 5.06. The zero-order chi connectivity index (χ0) is 17.6. The second kappa shape index (κ2) is 7.59. The highest BCUT2D eigenvalue weighted by Gasteiger charge is 2.11. The van der Waals surface area contributed by atoms with Gasteiger partial charge in [0.05, 0.1) is 10.6 Å². The summed E-state index contributed by atoms with van der Waals surface area (Å²) in [4.78, 5) is 14.7. The molecule has 0 spiro atoms. The Morgan fingerprint density at radius 2 is 1.64 bits per heavy atom. The monoisotopic (exact) mass is 352 g/mol. The lowest BCUT2D eigenvalue weighted by molar-refractivity contribution is -0.384. The summed E-state index contributed by atoms with van der Waals surface area (Å²) < 4.78 is 5.71. The molecule has 0 atom stereocenters. The summed E-state index contributed by atoms with van der Waals surface area (Å²) in [6.45, 7) is 0. The molecule has 3 aromatic rings. The number of nitro benzene ring substituents is 1.